The summed E-state index contributed by atoms with van der Waals surface area (Å²) >= 11 is 0. The van der Waals surface area contributed by atoms with E-state index >= 15 is 0 Å². The number of ether oxygens (including phenoxy) is 2. The van der Waals surface area contributed by atoms with Crippen molar-refractivity contribution >= 4 is 5.97 Å². The molecular formula is C11H13NO3. The van der Waals surface area contributed by atoms with Gasteiger partial charge in [-0.3, -0.25) is 5.32 Å². The molecule has 0 saturated carbocycles. The maximum Gasteiger partial charge on any atom is 0.333 e. The van der Waals surface area contributed by atoms with E-state index in [0.29, 0.717) is 0 Å². The number of esters is 1. The van der Waals surface area contributed by atoms with Gasteiger partial charge < -0.3 is 9.47 Å². The number of fused-ring (bicyclic) bond motifs is 1. The molecule has 0 spiro atoms. The van der Waals surface area contributed by atoms with Crippen LogP contribution in [0.2, 0.25) is 0 Å². The van der Waals surface area contributed by atoms with Gasteiger partial charge in [0.1, 0.15) is 6.61 Å². The Morgan fingerprint density at radius 3 is 3.13 bits per heavy atom. The van der Waals surface area contributed by atoms with Crippen LogP contribution in [-0.2, 0) is 20.8 Å². The first-order chi connectivity index (χ1) is 7.31. The first-order valence-electron chi connectivity index (χ1n) is 4.81. The Bertz CT molecular complexity index is 365. The SMILES string of the molecule is COCC(=O)OC1NCc2ccccc21. The molecule has 0 saturated heterocycles. The Hall–Kier alpha value is -1.39. The van der Waals surface area contributed by atoms with E-state index in [1.165, 1.54) is 12.7 Å². The highest BCUT2D eigenvalue weighted by atomic mass is 16.6. The van der Waals surface area contributed by atoms with Crippen molar-refractivity contribution in [2.24, 2.45) is 0 Å². The van der Waals surface area contributed by atoms with E-state index in [0.717, 1.165) is 12.1 Å². The van der Waals surface area contributed by atoms with E-state index < -0.39 is 0 Å². The van der Waals surface area contributed by atoms with E-state index in [4.69, 9.17) is 9.47 Å². The van der Waals surface area contributed by atoms with Gasteiger partial charge in [-0.15, -0.1) is 0 Å². The molecule has 4 heteroatoms. The van der Waals surface area contributed by atoms with Crippen LogP contribution in [0.15, 0.2) is 24.3 Å². The molecule has 1 aromatic carbocycles. The zero-order chi connectivity index (χ0) is 10.7. The lowest BCUT2D eigenvalue weighted by atomic mass is 10.1. The van der Waals surface area contributed by atoms with Crippen LogP contribution in [-0.4, -0.2) is 19.7 Å². The van der Waals surface area contributed by atoms with E-state index in [-0.39, 0.29) is 18.8 Å². The van der Waals surface area contributed by atoms with Gasteiger partial charge in [0.05, 0.1) is 0 Å². The molecule has 1 aromatic rings. The van der Waals surface area contributed by atoms with Crippen LogP contribution in [0.3, 0.4) is 0 Å². The number of rotatable bonds is 3. The summed E-state index contributed by atoms with van der Waals surface area (Å²) in [6.45, 7) is 0.724. The van der Waals surface area contributed by atoms with Crippen LogP contribution < -0.4 is 5.32 Å². The fourth-order valence-corrected chi connectivity index (χ4v) is 1.65. The zero-order valence-electron chi connectivity index (χ0n) is 8.53. The highest BCUT2D eigenvalue weighted by Gasteiger charge is 2.24. The molecule has 0 aromatic heterocycles. The van der Waals surface area contributed by atoms with Crippen LogP contribution >= 0.6 is 0 Å². The van der Waals surface area contributed by atoms with Crippen LogP contribution in [0.25, 0.3) is 0 Å². The summed E-state index contributed by atoms with van der Waals surface area (Å²) in [6.07, 6.45) is -0.330. The minimum atomic E-state index is -0.355. The molecule has 1 unspecified atom stereocenters. The number of carbonyl (C=O) groups excluding carboxylic acids is 1. The second-order valence-corrected chi connectivity index (χ2v) is 3.38. The van der Waals surface area contributed by atoms with E-state index in [2.05, 4.69) is 5.32 Å². The lowest BCUT2D eigenvalue weighted by Crippen LogP contribution is -2.21. The predicted octanol–water partition coefficient (Wildman–Crippen LogP) is 0.978. The molecular weight excluding hydrogens is 194 g/mol. The Kier molecular flexibility index (Phi) is 2.99. The summed E-state index contributed by atoms with van der Waals surface area (Å²) in [6, 6.07) is 7.88. The van der Waals surface area contributed by atoms with Gasteiger partial charge in [-0.25, -0.2) is 4.79 Å². The largest absolute Gasteiger partial charge is 0.440 e. The van der Waals surface area contributed by atoms with Gasteiger partial charge >= 0.3 is 5.97 Å². The highest BCUT2D eigenvalue weighted by Crippen LogP contribution is 2.25. The van der Waals surface area contributed by atoms with Crippen molar-refractivity contribution in [1.29, 1.82) is 0 Å². The Balaban J connectivity index is 2.04. The molecule has 0 radical (unpaired) electrons. The van der Waals surface area contributed by atoms with Gasteiger partial charge in [0.15, 0.2) is 6.23 Å². The van der Waals surface area contributed by atoms with Crippen LogP contribution in [0, 0.1) is 0 Å². The zero-order valence-corrected chi connectivity index (χ0v) is 8.53. The topological polar surface area (TPSA) is 47.6 Å². The normalized spacial score (nSPS) is 18.6. The van der Waals surface area contributed by atoms with Crippen molar-refractivity contribution in [3.63, 3.8) is 0 Å². The molecule has 1 aliphatic rings. The summed E-state index contributed by atoms with van der Waals surface area (Å²) in [4.78, 5) is 11.2. The van der Waals surface area contributed by atoms with E-state index in [1.807, 2.05) is 24.3 Å². The minimum absolute atomic E-state index is 0.0135. The first-order valence-corrected chi connectivity index (χ1v) is 4.81. The number of carbonyl (C=O) groups is 1. The molecule has 4 nitrogen and oxygen atoms in total. The molecule has 1 N–H and O–H groups in total. The summed E-state index contributed by atoms with van der Waals surface area (Å²) in [5.41, 5.74) is 2.20. The fraction of sp³-hybridized carbons (Fsp3) is 0.364. The summed E-state index contributed by atoms with van der Waals surface area (Å²) in [5, 5.41) is 3.11. The van der Waals surface area contributed by atoms with Crippen LogP contribution in [0.1, 0.15) is 17.4 Å². The number of methoxy groups -OCH3 is 1. The second kappa shape index (κ2) is 4.42. The lowest BCUT2D eigenvalue weighted by Gasteiger charge is -2.12. The molecule has 15 heavy (non-hydrogen) atoms. The van der Waals surface area contributed by atoms with Gasteiger partial charge in [0.2, 0.25) is 0 Å². The molecule has 80 valence electrons. The first kappa shape index (κ1) is 10.1. The van der Waals surface area contributed by atoms with Crippen molar-refractivity contribution in [1.82, 2.24) is 5.32 Å². The highest BCUT2D eigenvalue weighted by molar-refractivity contribution is 5.71. The fourth-order valence-electron chi connectivity index (χ4n) is 1.65. The summed E-state index contributed by atoms with van der Waals surface area (Å²) < 4.78 is 9.90. The molecule has 0 amide bonds. The van der Waals surface area contributed by atoms with Crippen molar-refractivity contribution in [2.75, 3.05) is 13.7 Å². The Morgan fingerprint density at radius 1 is 1.53 bits per heavy atom. The molecule has 1 aliphatic heterocycles. The quantitative estimate of drug-likeness (QED) is 0.750. The van der Waals surface area contributed by atoms with Crippen LogP contribution in [0.5, 0.6) is 0 Å². The van der Waals surface area contributed by atoms with E-state index in [1.54, 1.807) is 0 Å². The average molecular weight is 207 g/mol. The summed E-state index contributed by atoms with van der Waals surface area (Å²) in [7, 11) is 1.47. The van der Waals surface area contributed by atoms with Crippen molar-refractivity contribution in [3.8, 4) is 0 Å². The smallest absolute Gasteiger partial charge is 0.333 e. The predicted molar refractivity (Wildman–Crippen MR) is 54.0 cm³/mol. The molecule has 1 atom stereocenters. The maximum absolute atomic E-state index is 11.2. The third-order valence-electron chi connectivity index (χ3n) is 2.33. The molecule has 0 bridgehead atoms. The minimum Gasteiger partial charge on any atom is -0.440 e. The number of nitrogens with one attached hydrogen (secondary N) is 1. The molecule has 0 aliphatic carbocycles. The molecule has 2 rings (SSSR count). The Morgan fingerprint density at radius 2 is 2.33 bits per heavy atom. The van der Waals surface area contributed by atoms with Crippen LogP contribution in [0.4, 0.5) is 0 Å². The second-order valence-electron chi connectivity index (χ2n) is 3.38. The average Bonchev–Trinajstić information content (AvgIpc) is 2.62. The van der Waals surface area contributed by atoms with Gasteiger partial charge in [-0.1, -0.05) is 24.3 Å². The monoisotopic (exact) mass is 207 g/mol. The van der Waals surface area contributed by atoms with Gasteiger partial charge in [0, 0.05) is 19.2 Å². The van der Waals surface area contributed by atoms with Gasteiger partial charge in [0.25, 0.3) is 0 Å². The van der Waals surface area contributed by atoms with Gasteiger partial charge in [-0.05, 0) is 5.56 Å². The molecule has 0 fully saturated rings. The maximum atomic E-state index is 11.2. The Labute approximate surface area is 88.2 Å². The number of benzene rings is 1. The third kappa shape index (κ3) is 2.16. The summed E-state index contributed by atoms with van der Waals surface area (Å²) in [5.74, 6) is -0.355. The number of hydrogen-bond donors (Lipinski definition) is 1. The third-order valence-corrected chi connectivity index (χ3v) is 2.33. The number of hydrogen-bond acceptors (Lipinski definition) is 4. The lowest BCUT2D eigenvalue weighted by molar-refractivity contribution is -0.155. The van der Waals surface area contributed by atoms with Crippen molar-refractivity contribution in [3.05, 3.63) is 35.4 Å². The standard InChI is InChI=1S/C11H13NO3/c1-14-7-10(13)15-11-9-5-3-2-4-8(9)6-12-11/h2-5,11-12H,6-7H2,1H3. The molecule has 1 heterocycles. The van der Waals surface area contributed by atoms with Crippen molar-refractivity contribution in [2.45, 2.75) is 12.8 Å². The van der Waals surface area contributed by atoms with Crippen molar-refractivity contribution < 1.29 is 14.3 Å². The van der Waals surface area contributed by atoms with E-state index in [9.17, 15) is 4.79 Å². The van der Waals surface area contributed by atoms with Gasteiger partial charge in [-0.2, -0.15) is 0 Å².